The number of nitrogens with one attached hydrogen (secondary N) is 2. The Labute approximate surface area is 194 Å². The lowest BCUT2D eigenvalue weighted by molar-refractivity contribution is -0.147. The van der Waals surface area contributed by atoms with Crippen molar-refractivity contribution in [3.05, 3.63) is 59.7 Å². The zero-order valence-corrected chi connectivity index (χ0v) is 19.4. The molecule has 7 heteroatoms. The van der Waals surface area contributed by atoms with Crippen LogP contribution in [0.3, 0.4) is 0 Å². The molecule has 2 atom stereocenters. The summed E-state index contributed by atoms with van der Waals surface area (Å²) >= 11 is 0. The molecule has 176 valence electrons. The van der Waals surface area contributed by atoms with Crippen molar-refractivity contribution in [2.24, 2.45) is 5.92 Å². The first-order chi connectivity index (χ1) is 15.8. The fourth-order valence-corrected chi connectivity index (χ4v) is 4.07. The summed E-state index contributed by atoms with van der Waals surface area (Å²) in [6.07, 6.45) is 0.909. The minimum Gasteiger partial charge on any atom is -0.480 e. The van der Waals surface area contributed by atoms with Crippen molar-refractivity contribution >= 4 is 18.0 Å². The summed E-state index contributed by atoms with van der Waals surface area (Å²) in [5.74, 6) is -1.71. The van der Waals surface area contributed by atoms with Gasteiger partial charge in [-0.25, -0.2) is 9.59 Å². The Balaban J connectivity index is 1.43. The third kappa shape index (κ3) is 5.53. The standard InChI is InChI=1S/C26H32N2O5/c1-4-26(3,24(30)31)28-23(29)17(2)10-9-15-27-25(32)33-16-22-20-13-7-5-11-18(20)19-12-6-8-14-21(19)22/h5-8,11-14,17,22H,4,9-10,15-16H2,1-3H3,(H,27,32)(H,28,29)(H,30,31). The van der Waals surface area contributed by atoms with Gasteiger partial charge in [-0.2, -0.15) is 0 Å². The van der Waals surface area contributed by atoms with Crippen LogP contribution in [0.25, 0.3) is 11.1 Å². The Kier molecular flexibility index (Phi) is 7.74. The van der Waals surface area contributed by atoms with E-state index in [9.17, 15) is 19.5 Å². The molecule has 0 fully saturated rings. The summed E-state index contributed by atoms with van der Waals surface area (Å²) in [6.45, 7) is 5.60. The molecule has 2 aromatic carbocycles. The Bertz CT molecular complexity index is 976. The number of fused-ring (bicyclic) bond motifs is 3. The largest absolute Gasteiger partial charge is 0.480 e. The fourth-order valence-electron chi connectivity index (χ4n) is 4.07. The molecule has 33 heavy (non-hydrogen) atoms. The monoisotopic (exact) mass is 452 g/mol. The number of alkyl carbamates (subject to hydrolysis) is 1. The van der Waals surface area contributed by atoms with Gasteiger partial charge in [-0.15, -0.1) is 0 Å². The number of rotatable bonds is 10. The van der Waals surface area contributed by atoms with Gasteiger partial charge in [0.2, 0.25) is 5.91 Å². The molecule has 2 amide bonds. The fraction of sp³-hybridized carbons (Fsp3) is 0.423. The van der Waals surface area contributed by atoms with Crippen molar-refractivity contribution in [1.29, 1.82) is 0 Å². The first-order valence-electron chi connectivity index (χ1n) is 11.4. The Morgan fingerprint density at radius 3 is 2.18 bits per heavy atom. The number of aliphatic carboxylic acids is 1. The maximum Gasteiger partial charge on any atom is 0.407 e. The zero-order chi connectivity index (χ0) is 24.0. The zero-order valence-electron chi connectivity index (χ0n) is 19.4. The maximum absolute atomic E-state index is 12.3. The van der Waals surface area contributed by atoms with Crippen LogP contribution in [0.5, 0.6) is 0 Å². The second-order valence-electron chi connectivity index (χ2n) is 8.78. The molecule has 0 saturated carbocycles. The van der Waals surface area contributed by atoms with Gasteiger partial charge in [0.25, 0.3) is 0 Å². The Morgan fingerprint density at radius 2 is 1.64 bits per heavy atom. The van der Waals surface area contributed by atoms with Crippen molar-refractivity contribution < 1.29 is 24.2 Å². The molecule has 7 nitrogen and oxygen atoms in total. The van der Waals surface area contributed by atoms with Crippen molar-refractivity contribution in [3.63, 3.8) is 0 Å². The van der Waals surface area contributed by atoms with Gasteiger partial charge in [-0.05, 0) is 48.4 Å². The number of hydrogen-bond donors (Lipinski definition) is 3. The molecule has 0 heterocycles. The van der Waals surface area contributed by atoms with E-state index in [4.69, 9.17) is 4.74 Å². The van der Waals surface area contributed by atoms with Gasteiger partial charge < -0.3 is 20.5 Å². The van der Waals surface area contributed by atoms with Crippen LogP contribution in [0, 0.1) is 5.92 Å². The van der Waals surface area contributed by atoms with Crippen LogP contribution < -0.4 is 10.6 Å². The van der Waals surface area contributed by atoms with Gasteiger partial charge in [-0.3, -0.25) is 4.79 Å². The summed E-state index contributed by atoms with van der Waals surface area (Å²) in [6, 6.07) is 16.3. The van der Waals surface area contributed by atoms with Crippen molar-refractivity contribution in [2.45, 2.75) is 51.5 Å². The van der Waals surface area contributed by atoms with Gasteiger partial charge in [-0.1, -0.05) is 62.4 Å². The molecule has 0 aromatic heterocycles. The molecule has 2 aromatic rings. The third-order valence-corrected chi connectivity index (χ3v) is 6.45. The quantitative estimate of drug-likeness (QED) is 0.466. The molecular formula is C26H32N2O5. The second-order valence-corrected chi connectivity index (χ2v) is 8.78. The van der Waals surface area contributed by atoms with Crippen LogP contribution in [0.1, 0.15) is 57.1 Å². The molecule has 3 N–H and O–H groups in total. The summed E-state index contributed by atoms with van der Waals surface area (Å²) < 4.78 is 5.51. The number of carbonyl (C=O) groups is 3. The average Bonchev–Trinajstić information content (AvgIpc) is 3.13. The Hall–Kier alpha value is -3.35. The van der Waals surface area contributed by atoms with Crippen LogP contribution in [0.2, 0.25) is 0 Å². The van der Waals surface area contributed by atoms with Gasteiger partial charge in [0.05, 0.1) is 0 Å². The number of carbonyl (C=O) groups excluding carboxylic acids is 2. The highest BCUT2D eigenvalue weighted by atomic mass is 16.5. The summed E-state index contributed by atoms with van der Waals surface area (Å²) in [4.78, 5) is 35.9. The van der Waals surface area contributed by atoms with Crippen molar-refractivity contribution in [2.75, 3.05) is 13.2 Å². The van der Waals surface area contributed by atoms with E-state index in [0.717, 1.165) is 11.1 Å². The SMILES string of the molecule is CCC(C)(NC(=O)C(C)CCCNC(=O)OCC1c2ccccc2-c2ccccc21)C(=O)O. The van der Waals surface area contributed by atoms with E-state index in [1.165, 1.54) is 18.1 Å². The predicted molar refractivity (Wildman–Crippen MR) is 126 cm³/mol. The van der Waals surface area contributed by atoms with E-state index in [0.29, 0.717) is 25.8 Å². The average molecular weight is 453 g/mol. The van der Waals surface area contributed by atoms with Crippen LogP contribution in [-0.2, 0) is 14.3 Å². The van der Waals surface area contributed by atoms with E-state index >= 15 is 0 Å². The highest BCUT2D eigenvalue weighted by molar-refractivity contribution is 5.87. The van der Waals surface area contributed by atoms with Crippen molar-refractivity contribution in [1.82, 2.24) is 10.6 Å². The van der Waals surface area contributed by atoms with E-state index in [1.807, 2.05) is 24.3 Å². The summed E-state index contributed by atoms with van der Waals surface area (Å²) in [5, 5.41) is 14.6. The van der Waals surface area contributed by atoms with Gasteiger partial charge in [0.1, 0.15) is 12.1 Å². The number of carboxylic acid groups (broad SMARTS) is 1. The van der Waals surface area contributed by atoms with Crippen LogP contribution in [0.4, 0.5) is 4.79 Å². The van der Waals surface area contributed by atoms with E-state index in [-0.39, 0.29) is 24.3 Å². The number of amides is 2. The minimum absolute atomic E-state index is 0.00831. The molecule has 0 bridgehead atoms. The lowest BCUT2D eigenvalue weighted by atomic mass is 9.96. The molecule has 0 saturated heterocycles. The molecule has 0 spiro atoms. The first-order valence-corrected chi connectivity index (χ1v) is 11.4. The lowest BCUT2D eigenvalue weighted by Gasteiger charge is -2.26. The van der Waals surface area contributed by atoms with Crippen LogP contribution in [-0.4, -0.2) is 41.8 Å². The van der Waals surface area contributed by atoms with Gasteiger partial charge in [0, 0.05) is 18.4 Å². The van der Waals surface area contributed by atoms with E-state index in [2.05, 4.69) is 34.9 Å². The maximum atomic E-state index is 12.3. The highest BCUT2D eigenvalue weighted by Gasteiger charge is 2.34. The summed E-state index contributed by atoms with van der Waals surface area (Å²) in [5.41, 5.74) is 3.40. The van der Waals surface area contributed by atoms with E-state index in [1.54, 1.807) is 13.8 Å². The first kappa shape index (κ1) is 24.3. The molecule has 2 unspecified atom stereocenters. The number of hydrogen-bond acceptors (Lipinski definition) is 4. The minimum atomic E-state index is -1.27. The molecule has 1 aliphatic rings. The van der Waals surface area contributed by atoms with Crippen LogP contribution >= 0.6 is 0 Å². The number of carboxylic acids is 1. The van der Waals surface area contributed by atoms with Crippen LogP contribution in [0.15, 0.2) is 48.5 Å². The van der Waals surface area contributed by atoms with Gasteiger partial charge >= 0.3 is 12.1 Å². The molecule has 0 radical (unpaired) electrons. The Morgan fingerprint density at radius 1 is 1.06 bits per heavy atom. The third-order valence-electron chi connectivity index (χ3n) is 6.45. The highest BCUT2D eigenvalue weighted by Crippen LogP contribution is 2.44. The molecule has 3 rings (SSSR count). The summed E-state index contributed by atoms with van der Waals surface area (Å²) in [7, 11) is 0. The van der Waals surface area contributed by atoms with Gasteiger partial charge in [0.15, 0.2) is 0 Å². The number of ether oxygens (including phenoxy) is 1. The second kappa shape index (κ2) is 10.5. The molecule has 1 aliphatic carbocycles. The molecule has 0 aliphatic heterocycles. The van der Waals surface area contributed by atoms with Crippen molar-refractivity contribution in [3.8, 4) is 11.1 Å². The van der Waals surface area contributed by atoms with E-state index < -0.39 is 17.6 Å². The predicted octanol–water partition coefficient (Wildman–Crippen LogP) is 4.31. The topological polar surface area (TPSA) is 105 Å². The molecular weight excluding hydrogens is 420 g/mol. The lowest BCUT2D eigenvalue weighted by Crippen LogP contribution is -2.53. The smallest absolute Gasteiger partial charge is 0.407 e. The number of benzene rings is 2. The normalized spacial score (nSPS) is 15.0.